The summed E-state index contributed by atoms with van der Waals surface area (Å²) in [5.74, 6) is 0.301. The Kier molecular flexibility index (Phi) is 6.34. The molecule has 2 atom stereocenters. The number of rotatable bonds is 6. The highest BCUT2D eigenvalue weighted by Crippen LogP contribution is 2.23. The molecule has 0 aromatic heterocycles. The Bertz CT molecular complexity index is 568. The summed E-state index contributed by atoms with van der Waals surface area (Å²) in [6, 6.07) is 5.81. The molecule has 2 unspecified atom stereocenters. The van der Waals surface area contributed by atoms with Gasteiger partial charge in [-0.05, 0) is 50.7 Å². The summed E-state index contributed by atoms with van der Waals surface area (Å²) in [4.78, 5) is 24.2. The van der Waals surface area contributed by atoms with E-state index in [1.54, 1.807) is 0 Å². The van der Waals surface area contributed by atoms with Crippen LogP contribution in [0.15, 0.2) is 18.2 Å². The van der Waals surface area contributed by atoms with Crippen molar-refractivity contribution in [2.45, 2.75) is 58.5 Å². The van der Waals surface area contributed by atoms with Crippen LogP contribution >= 0.6 is 0 Å². The van der Waals surface area contributed by atoms with Gasteiger partial charge in [0.15, 0.2) is 5.78 Å². The van der Waals surface area contributed by atoms with Crippen molar-refractivity contribution in [2.24, 2.45) is 5.92 Å². The average Bonchev–Trinajstić information content (AvgIpc) is 2.53. The Morgan fingerprint density at radius 2 is 2.00 bits per heavy atom. The number of hydrogen-bond donors (Lipinski definition) is 2. The van der Waals surface area contributed by atoms with Gasteiger partial charge in [0.05, 0.1) is 6.10 Å². The molecule has 1 aromatic rings. The number of ketones is 1. The molecule has 23 heavy (non-hydrogen) atoms. The average molecular weight is 317 g/mol. The molecule has 1 fully saturated rings. The van der Waals surface area contributed by atoms with Crippen LogP contribution in [0.4, 0.5) is 0 Å². The number of aliphatic hydroxyl groups is 1. The molecule has 0 aliphatic heterocycles. The Morgan fingerprint density at radius 1 is 1.22 bits per heavy atom. The van der Waals surface area contributed by atoms with Gasteiger partial charge in [-0.1, -0.05) is 24.1 Å². The zero-order valence-corrected chi connectivity index (χ0v) is 14.1. The maximum Gasteiger partial charge on any atom is 0.220 e. The molecule has 0 bridgehead atoms. The molecular formula is C19H27NO3. The van der Waals surface area contributed by atoms with E-state index < -0.39 is 0 Å². The molecule has 0 spiro atoms. The molecule has 126 valence electrons. The van der Waals surface area contributed by atoms with E-state index in [1.165, 1.54) is 0 Å². The monoisotopic (exact) mass is 317 g/mol. The molecule has 1 saturated carbocycles. The minimum atomic E-state index is -0.225. The van der Waals surface area contributed by atoms with Gasteiger partial charge in [0, 0.05) is 24.9 Å². The lowest BCUT2D eigenvalue weighted by Crippen LogP contribution is -2.33. The molecule has 1 aliphatic rings. The molecule has 4 heteroatoms. The van der Waals surface area contributed by atoms with E-state index in [2.05, 4.69) is 5.32 Å². The number of aliphatic hydroxyl groups excluding tert-OH is 1. The fraction of sp³-hybridized carbons (Fsp3) is 0.579. The smallest absolute Gasteiger partial charge is 0.220 e. The minimum Gasteiger partial charge on any atom is -0.393 e. The van der Waals surface area contributed by atoms with Crippen LogP contribution in [0.5, 0.6) is 0 Å². The van der Waals surface area contributed by atoms with Crippen LogP contribution in [-0.4, -0.2) is 29.4 Å². The van der Waals surface area contributed by atoms with E-state index in [1.807, 2.05) is 32.0 Å². The van der Waals surface area contributed by atoms with E-state index in [9.17, 15) is 14.7 Å². The van der Waals surface area contributed by atoms with Crippen LogP contribution in [0.1, 0.15) is 60.0 Å². The lowest BCUT2D eigenvalue weighted by Gasteiger charge is -2.25. The van der Waals surface area contributed by atoms with E-state index in [0.717, 1.165) is 36.8 Å². The standard InChI is InChI=1S/C19H27NO3/c1-13-6-7-14(2)17(10-13)18(22)8-9-19(23)20-12-15-4-3-5-16(21)11-15/h6-7,10,15-16,21H,3-5,8-9,11-12H2,1-2H3,(H,20,23). The lowest BCUT2D eigenvalue weighted by atomic mass is 9.87. The van der Waals surface area contributed by atoms with E-state index in [-0.39, 0.29) is 30.6 Å². The summed E-state index contributed by atoms with van der Waals surface area (Å²) in [6.07, 6.45) is 3.95. The van der Waals surface area contributed by atoms with Gasteiger partial charge in [-0.15, -0.1) is 0 Å². The van der Waals surface area contributed by atoms with Gasteiger partial charge < -0.3 is 10.4 Å². The summed E-state index contributed by atoms with van der Waals surface area (Å²) in [5.41, 5.74) is 2.73. The minimum absolute atomic E-state index is 0.0226. The topological polar surface area (TPSA) is 66.4 Å². The van der Waals surface area contributed by atoms with Gasteiger partial charge in [0.25, 0.3) is 0 Å². The van der Waals surface area contributed by atoms with E-state index in [0.29, 0.717) is 18.0 Å². The van der Waals surface area contributed by atoms with Crippen LogP contribution in [0.3, 0.4) is 0 Å². The fourth-order valence-corrected chi connectivity index (χ4v) is 3.19. The Morgan fingerprint density at radius 3 is 2.74 bits per heavy atom. The Labute approximate surface area is 138 Å². The lowest BCUT2D eigenvalue weighted by molar-refractivity contribution is -0.121. The van der Waals surface area contributed by atoms with Crippen LogP contribution < -0.4 is 5.32 Å². The van der Waals surface area contributed by atoms with Gasteiger partial charge in [-0.25, -0.2) is 0 Å². The van der Waals surface area contributed by atoms with Crippen molar-refractivity contribution < 1.29 is 14.7 Å². The largest absolute Gasteiger partial charge is 0.393 e. The van der Waals surface area contributed by atoms with Gasteiger partial charge >= 0.3 is 0 Å². The third-order valence-electron chi connectivity index (χ3n) is 4.62. The van der Waals surface area contributed by atoms with Crippen LogP contribution in [0.25, 0.3) is 0 Å². The zero-order valence-electron chi connectivity index (χ0n) is 14.1. The number of nitrogens with one attached hydrogen (secondary N) is 1. The predicted molar refractivity (Wildman–Crippen MR) is 90.5 cm³/mol. The van der Waals surface area contributed by atoms with Crippen LogP contribution in [0, 0.1) is 19.8 Å². The van der Waals surface area contributed by atoms with Crippen LogP contribution in [-0.2, 0) is 4.79 Å². The molecule has 0 radical (unpaired) electrons. The van der Waals surface area contributed by atoms with Crippen molar-refractivity contribution in [1.29, 1.82) is 0 Å². The SMILES string of the molecule is Cc1ccc(C)c(C(=O)CCC(=O)NCC2CCCC(O)C2)c1. The van der Waals surface area contributed by atoms with Gasteiger partial charge in [0.1, 0.15) is 0 Å². The summed E-state index contributed by atoms with van der Waals surface area (Å²) in [5, 5.41) is 12.5. The third kappa shape index (κ3) is 5.47. The maximum absolute atomic E-state index is 12.3. The van der Waals surface area contributed by atoms with Gasteiger partial charge in [-0.3, -0.25) is 9.59 Å². The summed E-state index contributed by atoms with van der Waals surface area (Å²) < 4.78 is 0. The normalized spacial score (nSPS) is 21.0. The molecular weight excluding hydrogens is 290 g/mol. The van der Waals surface area contributed by atoms with Crippen molar-refractivity contribution in [2.75, 3.05) is 6.54 Å². The molecule has 0 saturated heterocycles. The zero-order chi connectivity index (χ0) is 16.8. The number of aryl methyl sites for hydroxylation is 2. The Balaban J connectivity index is 1.75. The molecule has 1 aromatic carbocycles. The second-order valence-corrected chi connectivity index (χ2v) is 6.73. The van der Waals surface area contributed by atoms with E-state index >= 15 is 0 Å². The maximum atomic E-state index is 12.3. The highest BCUT2D eigenvalue weighted by Gasteiger charge is 2.20. The first-order valence-corrected chi connectivity index (χ1v) is 8.51. The van der Waals surface area contributed by atoms with Crippen molar-refractivity contribution in [1.82, 2.24) is 5.32 Å². The highest BCUT2D eigenvalue weighted by molar-refractivity contribution is 5.99. The predicted octanol–water partition coefficient (Wildman–Crippen LogP) is 2.93. The summed E-state index contributed by atoms with van der Waals surface area (Å²) in [6.45, 7) is 4.48. The first-order valence-electron chi connectivity index (χ1n) is 8.51. The number of carbonyl (C=O) groups excluding carboxylic acids is 2. The molecule has 1 amide bonds. The number of carbonyl (C=O) groups is 2. The number of hydrogen-bond acceptors (Lipinski definition) is 3. The van der Waals surface area contributed by atoms with Crippen LogP contribution in [0.2, 0.25) is 0 Å². The summed E-state index contributed by atoms with van der Waals surface area (Å²) in [7, 11) is 0. The molecule has 4 nitrogen and oxygen atoms in total. The van der Waals surface area contributed by atoms with Crippen molar-refractivity contribution in [3.8, 4) is 0 Å². The molecule has 2 rings (SSSR count). The quantitative estimate of drug-likeness (QED) is 0.793. The van der Waals surface area contributed by atoms with Crippen molar-refractivity contribution >= 4 is 11.7 Å². The summed E-state index contributed by atoms with van der Waals surface area (Å²) >= 11 is 0. The van der Waals surface area contributed by atoms with Gasteiger partial charge in [-0.2, -0.15) is 0 Å². The number of benzene rings is 1. The van der Waals surface area contributed by atoms with Gasteiger partial charge in [0.2, 0.25) is 5.91 Å². The molecule has 2 N–H and O–H groups in total. The Hall–Kier alpha value is -1.68. The number of amides is 1. The molecule has 0 heterocycles. The van der Waals surface area contributed by atoms with Crippen molar-refractivity contribution in [3.63, 3.8) is 0 Å². The fourth-order valence-electron chi connectivity index (χ4n) is 3.19. The first-order chi connectivity index (χ1) is 11.0. The third-order valence-corrected chi connectivity index (χ3v) is 4.62. The first kappa shape index (κ1) is 17.7. The molecule has 1 aliphatic carbocycles. The second-order valence-electron chi connectivity index (χ2n) is 6.73. The second kappa shape index (κ2) is 8.25. The van der Waals surface area contributed by atoms with E-state index in [4.69, 9.17) is 0 Å². The van der Waals surface area contributed by atoms with Crippen molar-refractivity contribution in [3.05, 3.63) is 34.9 Å². The highest BCUT2D eigenvalue weighted by atomic mass is 16.3. The number of Topliss-reactive ketones (excluding diaryl/α,β-unsaturated/α-hetero) is 1.